The Morgan fingerprint density at radius 2 is 1.88 bits per heavy atom. The monoisotopic (exact) mass is 346 g/mol. The molecule has 1 aliphatic heterocycles. The smallest absolute Gasteiger partial charge is 0.433 e. The molecule has 0 aliphatic carbocycles. The topological polar surface area (TPSA) is 25.4 Å². The number of rotatable bonds is 4. The number of allylic oxidation sites excluding steroid dienone is 2. The standard InChI is InChI=1S/C19H17F3N2O/c1-25-17-7-5-15(6-8-17)16-3-2-10-24(13-16)12-14-4-9-18(23-11-14)19(20,21)22/h2-9,11,13H,10,12H2,1H3. The average Bonchev–Trinajstić information content (AvgIpc) is 2.62. The average molecular weight is 346 g/mol. The van der Waals surface area contributed by atoms with Crippen molar-refractivity contribution in [1.29, 1.82) is 0 Å². The predicted octanol–water partition coefficient (Wildman–Crippen LogP) is 4.52. The first-order valence-electron chi connectivity index (χ1n) is 7.74. The van der Waals surface area contributed by atoms with E-state index in [9.17, 15) is 13.2 Å². The largest absolute Gasteiger partial charge is 0.497 e. The molecule has 0 saturated carbocycles. The molecule has 130 valence electrons. The van der Waals surface area contributed by atoms with Gasteiger partial charge in [0, 0.05) is 25.5 Å². The number of aromatic nitrogens is 1. The molecular formula is C19H17F3N2O. The highest BCUT2D eigenvalue weighted by Gasteiger charge is 2.32. The number of methoxy groups -OCH3 is 1. The lowest BCUT2D eigenvalue weighted by Gasteiger charge is -2.23. The lowest BCUT2D eigenvalue weighted by atomic mass is 10.0. The first-order valence-corrected chi connectivity index (χ1v) is 7.74. The second-order valence-corrected chi connectivity index (χ2v) is 5.69. The molecule has 0 amide bonds. The van der Waals surface area contributed by atoms with Gasteiger partial charge < -0.3 is 9.64 Å². The van der Waals surface area contributed by atoms with Crippen molar-refractivity contribution in [2.24, 2.45) is 0 Å². The maximum atomic E-state index is 12.6. The number of hydrogen-bond acceptors (Lipinski definition) is 3. The summed E-state index contributed by atoms with van der Waals surface area (Å²) in [5.74, 6) is 0.789. The fourth-order valence-corrected chi connectivity index (χ4v) is 2.59. The summed E-state index contributed by atoms with van der Waals surface area (Å²) < 4.78 is 42.9. The Kier molecular flexibility index (Phi) is 4.79. The zero-order valence-electron chi connectivity index (χ0n) is 13.6. The van der Waals surface area contributed by atoms with Gasteiger partial charge in [0.25, 0.3) is 0 Å². The summed E-state index contributed by atoms with van der Waals surface area (Å²) in [6.45, 7) is 1.19. The summed E-state index contributed by atoms with van der Waals surface area (Å²) in [7, 11) is 1.62. The van der Waals surface area contributed by atoms with Crippen LogP contribution in [-0.2, 0) is 12.7 Å². The third-order valence-electron chi connectivity index (χ3n) is 3.88. The van der Waals surface area contributed by atoms with Crippen molar-refractivity contribution in [3.63, 3.8) is 0 Å². The molecule has 0 atom stereocenters. The van der Waals surface area contributed by atoms with E-state index in [-0.39, 0.29) is 0 Å². The van der Waals surface area contributed by atoms with Crippen LogP contribution in [0.2, 0.25) is 0 Å². The molecule has 0 spiro atoms. The lowest BCUT2D eigenvalue weighted by molar-refractivity contribution is -0.141. The van der Waals surface area contributed by atoms with Crippen LogP contribution in [0.15, 0.2) is 60.9 Å². The summed E-state index contributed by atoms with van der Waals surface area (Å²) >= 11 is 0. The minimum atomic E-state index is -4.41. The van der Waals surface area contributed by atoms with E-state index in [1.54, 1.807) is 7.11 Å². The number of ether oxygens (including phenoxy) is 1. The molecular weight excluding hydrogens is 329 g/mol. The highest BCUT2D eigenvalue weighted by molar-refractivity contribution is 5.74. The molecule has 1 aliphatic rings. The van der Waals surface area contributed by atoms with Crippen molar-refractivity contribution in [1.82, 2.24) is 9.88 Å². The van der Waals surface area contributed by atoms with Crippen LogP contribution in [0, 0.1) is 0 Å². The van der Waals surface area contributed by atoms with Gasteiger partial charge in [-0.2, -0.15) is 13.2 Å². The maximum Gasteiger partial charge on any atom is 0.433 e. The minimum Gasteiger partial charge on any atom is -0.497 e. The van der Waals surface area contributed by atoms with E-state index in [1.807, 2.05) is 47.5 Å². The Labute approximate surface area is 144 Å². The predicted molar refractivity (Wildman–Crippen MR) is 89.8 cm³/mol. The van der Waals surface area contributed by atoms with Gasteiger partial charge in [-0.05, 0) is 34.9 Å². The molecule has 3 nitrogen and oxygen atoms in total. The Balaban J connectivity index is 1.72. The van der Waals surface area contributed by atoms with Crippen LogP contribution in [0.1, 0.15) is 16.8 Å². The molecule has 0 radical (unpaired) electrons. The third-order valence-corrected chi connectivity index (χ3v) is 3.88. The van der Waals surface area contributed by atoms with Crippen LogP contribution >= 0.6 is 0 Å². The van der Waals surface area contributed by atoms with Crippen molar-refractivity contribution in [3.05, 3.63) is 77.8 Å². The summed E-state index contributed by atoms with van der Waals surface area (Å²) in [6, 6.07) is 10.2. The molecule has 6 heteroatoms. The SMILES string of the molecule is COc1ccc(C2=CN(Cc3ccc(C(F)(F)F)nc3)CC=C2)cc1. The van der Waals surface area contributed by atoms with Gasteiger partial charge in [-0.3, -0.25) is 4.98 Å². The second-order valence-electron chi connectivity index (χ2n) is 5.69. The van der Waals surface area contributed by atoms with Gasteiger partial charge in [0.05, 0.1) is 7.11 Å². The van der Waals surface area contributed by atoms with Crippen LogP contribution in [0.25, 0.3) is 5.57 Å². The molecule has 25 heavy (non-hydrogen) atoms. The minimum absolute atomic E-state index is 0.495. The van der Waals surface area contributed by atoms with E-state index < -0.39 is 11.9 Å². The number of benzene rings is 1. The summed E-state index contributed by atoms with van der Waals surface area (Å²) in [6.07, 6.45) is 2.93. The Morgan fingerprint density at radius 1 is 1.12 bits per heavy atom. The van der Waals surface area contributed by atoms with E-state index in [0.717, 1.165) is 28.5 Å². The maximum absolute atomic E-state index is 12.6. The van der Waals surface area contributed by atoms with Gasteiger partial charge in [-0.25, -0.2) is 0 Å². The molecule has 0 N–H and O–H groups in total. The molecule has 3 rings (SSSR count). The van der Waals surface area contributed by atoms with Gasteiger partial charge in [-0.1, -0.05) is 30.4 Å². The molecule has 0 saturated heterocycles. The lowest BCUT2D eigenvalue weighted by Crippen LogP contribution is -2.20. The first-order chi connectivity index (χ1) is 12.0. The number of hydrogen-bond donors (Lipinski definition) is 0. The number of alkyl halides is 3. The van der Waals surface area contributed by atoms with Gasteiger partial charge in [0.15, 0.2) is 0 Å². The quantitative estimate of drug-likeness (QED) is 0.814. The van der Waals surface area contributed by atoms with Crippen molar-refractivity contribution >= 4 is 5.57 Å². The summed E-state index contributed by atoms with van der Waals surface area (Å²) in [5, 5.41) is 0. The van der Waals surface area contributed by atoms with Crippen LogP contribution in [0.4, 0.5) is 13.2 Å². The van der Waals surface area contributed by atoms with E-state index in [4.69, 9.17) is 4.74 Å². The van der Waals surface area contributed by atoms with Crippen molar-refractivity contribution < 1.29 is 17.9 Å². The van der Waals surface area contributed by atoms with Gasteiger partial charge in [0.1, 0.15) is 11.4 Å². The zero-order chi connectivity index (χ0) is 17.9. The zero-order valence-corrected chi connectivity index (χ0v) is 13.6. The fraction of sp³-hybridized carbons (Fsp3) is 0.211. The summed E-state index contributed by atoms with van der Waals surface area (Å²) in [5.41, 5.74) is 1.94. The molecule has 0 bridgehead atoms. The fourth-order valence-electron chi connectivity index (χ4n) is 2.59. The number of pyridine rings is 1. The molecule has 1 aromatic heterocycles. The molecule has 2 heterocycles. The van der Waals surface area contributed by atoms with Crippen molar-refractivity contribution in [2.45, 2.75) is 12.7 Å². The van der Waals surface area contributed by atoms with Crippen molar-refractivity contribution in [3.8, 4) is 5.75 Å². The highest BCUT2D eigenvalue weighted by atomic mass is 19.4. The highest BCUT2D eigenvalue weighted by Crippen LogP contribution is 2.28. The molecule has 2 aromatic rings. The van der Waals surface area contributed by atoms with E-state index in [2.05, 4.69) is 4.98 Å². The van der Waals surface area contributed by atoms with Crippen LogP contribution in [0.3, 0.4) is 0 Å². The normalized spacial score (nSPS) is 14.4. The Morgan fingerprint density at radius 3 is 2.48 bits per heavy atom. The van der Waals surface area contributed by atoms with Gasteiger partial charge in [0.2, 0.25) is 0 Å². The van der Waals surface area contributed by atoms with Gasteiger partial charge >= 0.3 is 6.18 Å². The Bertz CT molecular complexity index is 778. The second kappa shape index (κ2) is 7.01. The Hall–Kier alpha value is -2.76. The molecule has 1 aromatic carbocycles. The van der Waals surface area contributed by atoms with E-state index in [0.29, 0.717) is 13.1 Å². The van der Waals surface area contributed by atoms with Crippen molar-refractivity contribution in [2.75, 3.05) is 13.7 Å². The van der Waals surface area contributed by atoms with Crippen LogP contribution < -0.4 is 4.74 Å². The van der Waals surface area contributed by atoms with Crippen LogP contribution in [0.5, 0.6) is 5.75 Å². The third kappa shape index (κ3) is 4.21. The molecule has 0 fully saturated rings. The number of nitrogens with zero attached hydrogens (tertiary/aromatic N) is 2. The summed E-state index contributed by atoms with van der Waals surface area (Å²) in [4.78, 5) is 5.54. The number of halogens is 3. The molecule has 0 unspecified atom stereocenters. The van der Waals surface area contributed by atoms with Crippen LogP contribution in [-0.4, -0.2) is 23.5 Å². The van der Waals surface area contributed by atoms with Gasteiger partial charge in [-0.15, -0.1) is 0 Å². The van der Waals surface area contributed by atoms with E-state index in [1.165, 1.54) is 12.3 Å². The first kappa shape index (κ1) is 17.1. The van der Waals surface area contributed by atoms with E-state index >= 15 is 0 Å².